The molecule has 3 rings (SSSR count). The lowest BCUT2D eigenvalue weighted by Crippen LogP contribution is -2.16. The first-order valence-electron chi connectivity index (χ1n) is 11.8. The fourth-order valence-electron chi connectivity index (χ4n) is 3.87. The van der Waals surface area contributed by atoms with Gasteiger partial charge in [0.15, 0.2) is 11.5 Å². The van der Waals surface area contributed by atoms with Crippen LogP contribution in [0.15, 0.2) is 24.3 Å². The number of carbonyl (C=O) groups excluding carboxylic acids is 1. The van der Waals surface area contributed by atoms with Crippen LogP contribution in [-0.2, 0) is 11.3 Å². The molecule has 0 fully saturated rings. The van der Waals surface area contributed by atoms with E-state index in [0.717, 1.165) is 17.5 Å². The quantitative estimate of drug-likeness (QED) is 0.443. The molecule has 0 bridgehead atoms. The van der Waals surface area contributed by atoms with Crippen LogP contribution in [0.3, 0.4) is 0 Å². The van der Waals surface area contributed by atoms with E-state index < -0.39 is 12.1 Å². The van der Waals surface area contributed by atoms with E-state index in [1.165, 1.54) is 0 Å². The molecule has 33 heavy (non-hydrogen) atoms. The van der Waals surface area contributed by atoms with Gasteiger partial charge in [-0.3, -0.25) is 0 Å². The summed E-state index contributed by atoms with van der Waals surface area (Å²) in [5.41, 5.74) is 2.49. The van der Waals surface area contributed by atoms with Crippen LogP contribution < -0.4 is 14.2 Å². The number of aliphatic hydroxyl groups is 1. The number of esters is 1. The summed E-state index contributed by atoms with van der Waals surface area (Å²) in [7, 11) is 0. The highest BCUT2D eigenvalue weighted by atomic mass is 16.6. The lowest BCUT2D eigenvalue weighted by Gasteiger charge is -2.25. The van der Waals surface area contributed by atoms with Gasteiger partial charge in [-0.25, -0.2) is 4.79 Å². The molecule has 0 aromatic heterocycles. The molecule has 1 unspecified atom stereocenters. The minimum Gasteiger partial charge on any atom is -0.492 e. The third-order valence-corrected chi connectivity index (χ3v) is 5.50. The maximum Gasteiger partial charge on any atom is 0.346 e. The number of aliphatic hydroxyl groups excluding tert-OH is 1. The standard InChI is InChI=1S/C27H36O6/c1-7-30-26-20(21(28)12-17(4)5)8-9-22-24(26)27(29)32-15-19-13-18(6)14-23(25(19)33-22)31-11-10-16(2)3/h8-9,13-14,16-17,21,28H,7,10-12,15H2,1-6H3. The lowest BCUT2D eigenvalue weighted by atomic mass is 9.96. The van der Waals surface area contributed by atoms with Crippen molar-refractivity contribution >= 4 is 5.97 Å². The van der Waals surface area contributed by atoms with Crippen molar-refractivity contribution in [3.63, 3.8) is 0 Å². The number of ether oxygens (including phenoxy) is 4. The van der Waals surface area contributed by atoms with Gasteiger partial charge in [0, 0.05) is 11.1 Å². The van der Waals surface area contributed by atoms with E-state index in [0.29, 0.717) is 54.1 Å². The molecule has 1 atom stereocenters. The summed E-state index contributed by atoms with van der Waals surface area (Å²) >= 11 is 0. The van der Waals surface area contributed by atoms with Crippen molar-refractivity contribution in [2.45, 2.75) is 67.1 Å². The molecule has 0 amide bonds. The largest absolute Gasteiger partial charge is 0.492 e. The van der Waals surface area contributed by atoms with Crippen molar-refractivity contribution in [1.29, 1.82) is 0 Å². The van der Waals surface area contributed by atoms with Gasteiger partial charge in [-0.05, 0) is 68.4 Å². The number of benzene rings is 2. The van der Waals surface area contributed by atoms with Crippen LogP contribution in [0.4, 0.5) is 0 Å². The van der Waals surface area contributed by atoms with Crippen molar-refractivity contribution in [1.82, 2.24) is 0 Å². The van der Waals surface area contributed by atoms with Crippen molar-refractivity contribution in [3.05, 3.63) is 46.5 Å². The highest BCUT2D eigenvalue weighted by Gasteiger charge is 2.30. The number of hydrogen-bond donors (Lipinski definition) is 1. The third kappa shape index (κ3) is 5.99. The summed E-state index contributed by atoms with van der Waals surface area (Å²) in [4.78, 5) is 13.1. The summed E-state index contributed by atoms with van der Waals surface area (Å²) in [6, 6.07) is 7.34. The van der Waals surface area contributed by atoms with Crippen molar-refractivity contribution in [3.8, 4) is 23.0 Å². The molecule has 6 nitrogen and oxygen atoms in total. The van der Waals surface area contributed by atoms with Crippen LogP contribution in [-0.4, -0.2) is 24.3 Å². The summed E-state index contributed by atoms with van der Waals surface area (Å²) in [6.07, 6.45) is 0.699. The number of rotatable bonds is 9. The first-order chi connectivity index (χ1) is 15.7. The summed E-state index contributed by atoms with van der Waals surface area (Å²) in [6.45, 7) is 13.1. The minimum atomic E-state index is -0.764. The number of fused-ring (bicyclic) bond motifs is 2. The van der Waals surface area contributed by atoms with Gasteiger partial charge >= 0.3 is 5.97 Å². The van der Waals surface area contributed by atoms with Gasteiger partial charge in [-0.15, -0.1) is 0 Å². The number of cyclic esters (lactones) is 1. The van der Waals surface area contributed by atoms with E-state index in [1.807, 2.05) is 39.8 Å². The molecule has 0 saturated heterocycles. The summed E-state index contributed by atoms with van der Waals surface area (Å²) < 4.78 is 23.9. The Bertz CT molecular complexity index is 979. The van der Waals surface area contributed by atoms with Crippen LogP contribution in [0.1, 0.15) is 80.6 Å². The smallest absolute Gasteiger partial charge is 0.346 e. The predicted molar refractivity (Wildman–Crippen MR) is 127 cm³/mol. The topological polar surface area (TPSA) is 74.2 Å². The molecule has 6 heteroatoms. The molecule has 0 spiro atoms. The van der Waals surface area contributed by atoms with E-state index in [1.54, 1.807) is 12.1 Å². The zero-order chi connectivity index (χ0) is 24.1. The fraction of sp³-hybridized carbons (Fsp3) is 0.519. The fourth-order valence-corrected chi connectivity index (χ4v) is 3.87. The second-order valence-corrected chi connectivity index (χ2v) is 9.40. The maximum atomic E-state index is 13.1. The van der Waals surface area contributed by atoms with E-state index in [9.17, 15) is 9.90 Å². The highest BCUT2D eigenvalue weighted by Crippen LogP contribution is 2.44. The summed E-state index contributed by atoms with van der Waals surface area (Å²) in [5.74, 6) is 2.05. The number of hydrogen-bond acceptors (Lipinski definition) is 6. The van der Waals surface area contributed by atoms with Crippen LogP contribution in [0.5, 0.6) is 23.0 Å². The van der Waals surface area contributed by atoms with E-state index in [-0.39, 0.29) is 18.1 Å². The summed E-state index contributed by atoms with van der Waals surface area (Å²) in [5, 5.41) is 10.8. The van der Waals surface area contributed by atoms with Crippen LogP contribution >= 0.6 is 0 Å². The van der Waals surface area contributed by atoms with E-state index in [4.69, 9.17) is 18.9 Å². The third-order valence-electron chi connectivity index (χ3n) is 5.50. The normalized spacial score (nSPS) is 14.0. The first-order valence-corrected chi connectivity index (χ1v) is 11.8. The lowest BCUT2D eigenvalue weighted by molar-refractivity contribution is 0.0452. The molecular weight excluding hydrogens is 420 g/mol. The van der Waals surface area contributed by atoms with Crippen molar-refractivity contribution in [2.75, 3.05) is 13.2 Å². The molecule has 1 N–H and O–H groups in total. The zero-order valence-electron chi connectivity index (χ0n) is 20.6. The van der Waals surface area contributed by atoms with Gasteiger partial charge in [0.05, 0.1) is 19.3 Å². The zero-order valence-corrected chi connectivity index (χ0v) is 20.6. The molecule has 0 radical (unpaired) electrons. The molecule has 180 valence electrons. The molecule has 0 aliphatic carbocycles. The van der Waals surface area contributed by atoms with Crippen molar-refractivity contribution in [2.24, 2.45) is 11.8 Å². The SMILES string of the molecule is CCOc1c(C(O)CC(C)C)ccc2c1C(=O)OCc1cc(C)cc(OCCC(C)C)c1O2. The Morgan fingerprint density at radius 2 is 1.85 bits per heavy atom. The monoisotopic (exact) mass is 456 g/mol. The molecule has 2 aromatic carbocycles. The molecule has 2 aromatic rings. The first kappa shape index (κ1) is 24.9. The van der Waals surface area contributed by atoms with Gasteiger partial charge in [-0.1, -0.05) is 27.7 Å². The van der Waals surface area contributed by atoms with Gasteiger partial charge < -0.3 is 24.1 Å². The Balaban J connectivity index is 2.07. The van der Waals surface area contributed by atoms with Gasteiger partial charge in [0.2, 0.25) is 0 Å². The van der Waals surface area contributed by atoms with Gasteiger partial charge in [0.1, 0.15) is 23.7 Å². The van der Waals surface area contributed by atoms with Crippen LogP contribution in [0.25, 0.3) is 0 Å². The number of aryl methyl sites for hydroxylation is 1. The highest BCUT2D eigenvalue weighted by molar-refractivity contribution is 5.96. The van der Waals surface area contributed by atoms with Crippen LogP contribution in [0.2, 0.25) is 0 Å². The Hall–Kier alpha value is -2.73. The number of carbonyl (C=O) groups is 1. The van der Waals surface area contributed by atoms with E-state index in [2.05, 4.69) is 13.8 Å². The van der Waals surface area contributed by atoms with E-state index >= 15 is 0 Å². The average molecular weight is 457 g/mol. The minimum absolute atomic E-state index is 0.0557. The van der Waals surface area contributed by atoms with Crippen LogP contribution in [0, 0.1) is 18.8 Å². The molecule has 1 aliphatic heterocycles. The average Bonchev–Trinajstić information content (AvgIpc) is 2.72. The Kier molecular flexibility index (Phi) is 8.25. The predicted octanol–water partition coefficient (Wildman–Crippen LogP) is 6.36. The molecule has 1 heterocycles. The molecule has 1 aliphatic rings. The molecular formula is C27H36O6. The Morgan fingerprint density at radius 1 is 1.09 bits per heavy atom. The Labute approximate surface area is 196 Å². The second kappa shape index (κ2) is 10.9. The van der Waals surface area contributed by atoms with Gasteiger partial charge in [-0.2, -0.15) is 0 Å². The second-order valence-electron chi connectivity index (χ2n) is 9.40. The maximum absolute atomic E-state index is 13.1. The Morgan fingerprint density at radius 3 is 2.52 bits per heavy atom. The van der Waals surface area contributed by atoms with Gasteiger partial charge in [0.25, 0.3) is 0 Å². The molecule has 0 saturated carbocycles. The van der Waals surface area contributed by atoms with Crippen molar-refractivity contribution < 1.29 is 28.8 Å².